The largest absolute Gasteiger partial charge is 0.472 e. The zero-order valence-electron chi connectivity index (χ0n) is 62.6. The molecule has 0 spiro atoms. The van der Waals surface area contributed by atoms with Gasteiger partial charge in [-0.2, -0.15) is 0 Å². The fraction of sp³-hybridized carbons (Fsp3) is 0.704. The summed E-state index contributed by atoms with van der Waals surface area (Å²) in [4.78, 5) is 72.9. The number of ether oxygens (including phenoxy) is 4. The molecule has 0 saturated heterocycles. The smallest absolute Gasteiger partial charge is 0.462 e. The van der Waals surface area contributed by atoms with Crippen LogP contribution in [0.3, 0.4) is 0 Å². The Kier molecular flexibility index (Phi) is 69.5. The van der Waals surface area contributed by atoms with Gasteiger partial charge in [0.25, 0.3) is 0 Å². The van der Waals surface area contributed by atoms with Gasteiger partial charge in [-0.15, -0.1) is 0 Å². The quantitative estimate of drug-likeness (QED) is 0.0169. The van der Waals surface area contributed by atoms with Crippen LogP contribution >= 0.6 is 15.6 Å². The molecule has 17 nitrogen and oxygen atoms in total. The van der Waals surface area contributed by atoms with Crippen molar-refractivity contribution in [1.82, 2.24) is 0 Å². The van der Waals surface area contributed by atoms with Crippen molar-refractivity contribution in [2.75, 3.05) is 39.6 Å². The highest BCUT2D eigenvalue weighted by molar-refractivity contribution is 7.47. The molecule has 0 heterocycles. The van der Waals surface area contributed by atoms with E-state index in [2.05, 4.69) is 149 Å². The summed E-state index contributed by atoms with van der Waals surface area (Å²) in [5, 5.41) is 10.6. The molecule has 0 aliphatic carbocycles. The number of allylic oxidation sites excluding steroid dienone is 20. The molecule has 0 aliphatic heterocycles. The predicted octanol–water partition coefficient (Wildman–Crippen LogP) is 22.3. The van der Waals surface area contributed by atoms with Crippen LogP contribution < -0.4 is 0 Å². The Hall–Kier alpha value is -4.54. The van der Waals surface area contributed by atoms with Crippen molar-refractivity contribution in [1.29, 1.82) is 0 Å². The number of esters is 4. The van der Waals surface area contributed by atoms with Gasteiger partial charge in [0.15, 0.2) is 12.2 Å². The Morgan fingerprint density at radius 1 is 0.290 bits per heavy atom. The SMILES string of the molecule is CC/C=C\C/C=C\C/C=C\C/C=C\CCCCCCCCC(=O)OCC(COP(=O)(O)OCC(O)COP(=O)(O)OCC(COC(=O)CCCCCC/C=C\C/C=C\C/C=C\C/C=C\CC)OC(=O)CCCCCCC/C=C\C/C=C\CCC)OC(=O)CCCCCCCCCCCCC. The van der Waals surface area contributed by atoms with E-state index in [1.54, 1.807) is 0 Å². The molecule has 0 saturated carbocycles. The van der Waals surface area contributed by atoms with Crippen LogP contribution in [0.4, 0.5) is 0 Å². The summed E-state index contributed by atoms with van der Waals surface area (Å²) in [6, 6.07) is 0. The maximum Gasteiger partial charge on any atom is 0.472 e. The summed E-state index contributed by atoms with van der Waals surface area (Å²) < 4.78 is 68.5. The Morgan fingerprint density at radius 2 is 0.540 bits per heavy atom. The molecule has 574 valence electrons. The number of hydrogen-bond donors (Lipinski definition) is 3. The molecule has 3 N–H and O–H groups in total. The zero-order valence-corrected chi connectivity index (χ0v) is 64.4. The van der Waals surface area contributed by atoms with Gasteiger partial charge in [0, 0.05) is 25.7 Å². The molecule has 0 aromatic carbocycles. The predicted molar refractivity (Wildman–Crippen MR) is 408 cm³/mol. The van der Waals surface area contributed by atoms with Crippen LogP contribution in [0.2, 0.25) is 0 Å². The number of phosphoric acid groups is 2. The van der Waals surface area contributed by atoms with Gasteiger partial charge in [-0.25, -0.2) is 9.13 Å². The molecule has 0 radical (unpaired) electrons. The Labute approximate surface area is 606 Å². The number of carbonyl (C=O) groups is 4. The first-order chi connectivity index (χ1) is 48.7. The second kappa shape index (κ2) is 72.8. The summed E-state index contributed by atoms with van der Waals surface area (Å²) in [5.74, 6) is -2.23. The average molecular weight is 1450 g/mol. The lowest BCUT2D eigenvalue weighted by Gasteiger charge is -2.21. The first-order valence-electron chi connectivity index (χ1n) is 38.8. The van der Waals surface area contributed by atoms with Crippen molar-refractivity contribution in [3.8, 4) is 0 Å². The Bertz CT molecular complexity index is 2370. The lowest BCUT2D eigenvalue weighted by Crippen LogP contribution is -2.30. The van der Waals surface area contributed by atoms with E-state index in [0.717, 1.165) is 193 Å². The summed E-state index contributed by atoms with van der Waals surface area (Å²) in [7, 11) is -9.96. The standard InChI is InChI=1S/C81H138O17P2/c1-5-9-13-17-21-25-29-32-34-36-37-39-41-44-47-50-54-58-62-66-78(83)91-71-76(97-80(85)67-63-59-55-51-45-28-24-20-16-12-8-4)73-95-99(87,88)93-69-75(82)70-94-100(89,90)96-74-77(98-81(86)68-64-60-56-52-48-42-31-27-23-19-15-11-7-3)72-92-79(84)65-61-57-53-49-46-43-40-38-35-33-30-26-22-18-14-10-6-2/h9-10,13-15,19,21-22,25-27,31-35,37,39-40,43,75-77,82H,5-8,11-12,16-18,20,23-24,28-30,36,38,41-42,44-74H2,1-4H3,(H,87,88)(H,89,90)/b13-9-,14-10-,19-15-,25-21-,26-22-,31-27-,34-32-,35-33-,39-37-,43-40-. The molecule has 0 fully saturated rings. The highest BCUT2D eigenvalue weighted by atomic mass is 31.2. The highest BCUT2D eigenvalue weighted by Gasteiger charge is 2.30. The molecule has 0 amide bonds. The van der Waals surface area contributed by atoms with Crippen molar-refractivity contribution in [2.24, 2.45) is 0 Å². The third kappa shape index (κ3) is 71.8. The molecule has 0 aromatic rings. The Morgan fingerprint density at radius 3 is 0.840 bits per heavy atom. The summed E-state index contributed by atoms with van der Waals surface area (Å²) >= 11 is 0. The van der Waals surface area contributed by atoms with Gasteiger partial charge < -0.3 is 33.8 Å². The molecule has 5 atom stereocenters. The van der Waals surface area contributed by atoms with Crippen molar-refractivity contribution in [3.05, 3.63) is 122 Å². The van der Waals surface area contributed by atoms with Gasteiger partial charge >= 0.3 is 39.5 Å². The van der Waals surface area contributed by atoms with Crippen LogP contribution in [0.25, 0.3) is 0 Å². The number of rotatable bonds is 72. The van der Waals surface area contributed by atoms with E-state index in [9.17, 15) is 43.2 Å². The molecule has 0 aromatic heterocycles. The zero-order chi connectivity index (χ0) is 73.2. The number of hydrogen-bond acceptors (Lipinski definition) is 15. The van der Waals surface area contributed by atoms with Crippen LogP contribution in [0.1, 0.15) is 310 Å². The molecular weight excluding hydrogens is 1310 g/mol. The van der Waals surface area contributed by atoms with Gasteiger partial charge in [0.1, 0.15) is 19.3 Å². The average Bonchev–Trinajstić information content (AvgIpc) is 1.02. The number of aliphatic hydroxyl groups excluding tert-OH is 1. The fourth-order valence-corrected chi connectivity index (χ4v) is 11.6. The number of unbranched alkanes of at least 4 members (excludes halogenated alkanes) is 26. The first kappa shape index (κ1) is 95.5. The van der Waals surface area contributed by atoms with Crippen molar-refractivity contribution in [2.45, 2.75) is 329 Å². The van der Waals surface area contributed by atoms with Crippen LogP contribution in [0.15, 0.2) is 122 Å². The van der Waals surface area contributed by atoms with E-state index < -0.39 is 97.5 Å². The summed E-state index contributed by atoms with van der Waals surface area (Å²) in [5.41, 5.74) is 0. The first-order valence-corrected chi connectivity index (χ1v) is 41.8. The van der Waals surface area contributed by atoms with E-state index in [-0.39, 0.29) is 25.7 Å². The minimum Gasteiger partial charge on any atom is -0.462 e. The topological polar surface area (TPSA) is 237 Å². The lowest BCUT2D eigenvalue weighted by molar-refractivity contribution is -0.161. The lowest BCUT2D eigenvalue weighted by atomic mass is 10.1. The van der Waals surface area contributed by atoms with E-state index in [4.69, 9.17) is 37.0 Å². The molecule has 5 unspecified atom stereocenters. The van der Waals surface area contributed by atoms with Crippen LogP contribution in [0, 0.1) is 0 Å². The third-order valence-electron chi connectivity index (χ3n) is 15.9. The minimum absolute atomic E-state index is 0.0713. The minimum atomic E-state index is -4.98. The van der Waals surface area contributed by atoms with Crippen LogP contribution in [-0.2, 0) is 65.4 Å². The third-order valence-corrected chi connectivity index (χ3v) is 17.8. The van der Waals surface area contributed by atoms with Crippen LogP contribution in [-0.4, -0.2) is 96.7 Å². The number of aliphatic hydroxyl groups is 1. The van der Waals surface area contributed by atoms with Gasteiger partial charge in [-0.1, -0.05) is 278 Å². The van der Waals surface area contributed by atoms with Gasteiger partial charge in [0.2, 0.25) is 0 Å². The van der Waals surface area contributed by atoms with E-state index in [1.165, 1.54) is 38.5 Å². The van der Waals surface area contributed by atoms with Crippen LogP contribution in [0.5, 0.6) is 0 Å². The maximum absolute atomic E-state index is 13.1. The Balaban J connectivity index is 5.33. The molecule has 100 heavy (non-hydrogen) atoms. The molecular formula is C81H138O17P2. The van der Waals surface area contributed by atoms with Crippen molar-refractivity contribution >= 4 is 39.5 Å². The van der Waals surface area contributed by atoms with Crippen molar-refractivity contribution in [3.63, 3.8) is 0 Å². The van der Waals surface area contributed by atoms with E-state index in [1.807, 2.05) is 0 Å². The summed E-state index contributed by atoms with van der Waals surface area (Å²) in [6.45, 7) is 4.53. The molecule has 0 bridgehead atoms. The fourth-order valence-electron chi connectivity index (χ4n) is 10.1. The normalized spacial score (nSPS) is 14.6. The molecule has 19 heteroatoms. The number of phosphoric ester groups is 2. The van der Waals surface area contributed by atoms with Gasteiger partial charge in [-0.3, -0.25) is 37.3 Å². The molecule has 0 rings (SSSR count). The molecule has 0 aliphatic rings. The second-order valence-electron chi connectivity index (χ2n) is 25.5. The maximum atomic E-state index is 13.1. The number of carbonyl (C=O) groups excluding carboxylic acids is 4. The monoisotopic (exact) mass is 1440 g/mol. The van der Waals surface area contributed by atoms with Gasteiger partial charge in [0.05, 0.1) is 26.4 Å². The second-order valence-corrected chi connectivity index (χ2v) is 28.4. The highest BCUT2D eigenvalue weighted by Crippen LogP contribution is 2.45. The van der Waals surface area contributed by atoms with Crippen molar-refractivity contribution < 1.29 is 80.2 Å². The van der Waals surface area contributed by atoms with Gasteiger partial charge in [-0.05, 0) is 128 Å². The van der Waals surface area contributed by atoms with E-state index in [0.29, 0.717) is 25.7 Å². The van der Waals surface area contributed by atoms with E-state index >= 15 is 0 Å². The summed E-state index contributed by atoms with van der Waals surface area (Å²) in [6.07, 6.45) is 79.0.